The SMILES string of the molecule is CC(C)C[C@H](OC(=O)[C@H](C)N)C(=O)O. The Morgan fingerprint density at radius 3 is 2.14 bits per heavy atom. The average molecular weight is 203 g/mol. The van der Waals surface area contributed by atoms with Gasteiger partial charge in [-0.05, 0) is 19.3 Å². The molecule has 0 aliphatic heterocycles. The van der Waals surface area contributed by atoms with Gasteiger partial charge in [0, 0.05) is 0 Å². The molecule has 14 heavy (non-hydrogen) atoms. The summed E-state index contributed by atoms with van der Waals surface area (Å²) >= 11 is 0. The largest absolute Gasteiger partial charge is 0.479 e. The lowest BCUT2D eigenvalue weighted by atomic mass is 10.1. The van der Waals surface area contributed by atoms with Crippen molar-refractivity contribution < 1.29 is 19.4 Å². The highest BCUT2D eigenvalue weighted by Crippen LogP contribution is 2.09. The first kappa shape index (κ1) is 12.9. The van der Waals surface area contributed by atoms with Gasteiger partial charge < -0.3 is 15.6 Å². The van der Waals surface area contributed by atoms with E-state index in [9.17, 15) is 9.59 Å². The average Bonchev–Trinajstić information content (AvgIpc) is 2.01. The minimum Gasteiger partial charge on any atom is -0.479 e. The number of carbonyl (C=O) groups is 2. The molecule has 0 aliphatic rings. The minimum absolute atomic E-state index is 0.150. The zero-order valence-corrected chi connectivity index (χ0v) is 8.69. The summed E-state index contributed by atoms with van der Waals surface area (Å²) in [6.45, 7) is 5.17. The maximum Gasteiger partial charge on any atom is 0.345 e. The number of aliphatic carboxylic acids is 1. The Morgan fingerprint density at radius 2 is 1.86 bits per heavy atom. The van der Waals surface area contributed by atoms with E-state index in [1.165, 1.54) is 6.92 Å². The molecule has 0 aromatic carbocycles. The molecule has 0 unspecified atom stereocenters. The van der Waals surface area contributed by atoms with E-state index in [1.54, 1.807) is 0 Å². The van der Waals surface area contributed by atoms with Crippen LogP contribution >= 0.6 is 0 Å². The van der Waals surface area contributed by atoms with Crippen molar-refractivity contribution in [2.45, 2.75) is 39.3 Å². The lowest BCUT2D eigenvalue weighted by molar-refractivity contribution is -0.165. The quantitative estimate of drug-likeness (QED) is 0.630. The third kappa shape index (κ3) is 4.81. The standard InChI is InChI=1S/C9H17NO4/c1-5(2)4-7(8(11)12)14-9(13)6(3)10/h5-7H,4,10H2,1-3H3,(H,11,12)/t6-,7-/m0/s1. The zero-order chi connectivity index (χ0) is 11.3. The van der Waals surface area contributed by atoms with Crippen LogP contribution in [0.5, 0.6) is 0 Å². The van der Waals surface area contributed by atoms with Gasteiger partial charge in [0.05, 0.1) is 0 Å². The van der Waals surface area contributed by atoms with E-state index in [-0.39, 0.29) is 5.92 Å². The fourth-order valence-electron chi connectivity index (χ4n) is 0.875. The van der Waals surface area contributed by atoms with Crippen molar-refractivity contribution in [3.8, 4) is 0 Å². The van der Waals surface area contributed by atoms with Gasteiger partial charge in [-0.2, -0.15) is 0 Å². The molecule has 5 heteroatoms. The second-order valence-corrected chi connectivity index (χ2v) is 3.68. The van der Waals surface area contributed by atoms with Crippen molar-refractivity contribution in [3.05, 3.63) is 0 Å². The van der Waals surface area contributed by atoms with Crippen molar-refractivity contribution in [2.24, 2.45) is 11.7 Å². The monoisotopic (exact) mass is 203 g/mol. The third-order valence-corrected chi connectivity index (χ3v) is 1.59. The molecule has 0 rings (SSSR count). The Morgan fingerprint density at radius 1 is 1.36 bits per heavy atom. The highest BCUT2D eigenvalue weighted by atomic mass is 16.6. The van der Waals surface area contributed by atoms with Crippen molar-refractivity contribution in [1.29, 1.82) is 0 Å². The summed E-state index contributed by atoms with van der Waals surface area (Å²) in [6, 6.07) is -0.788. The lowest BCUT2D eigenvalue weighted by Crippen LogP contribution is -2.36. The van der Waals surface area contributed by atoms with E-state index in [0.29, 0.717) is 6.42 Å². The lowest BCUT2D eigenvalue weighted by Gasteiger charge is -2.16. The number of rotatable bonds is 5. The number of ether oxygens (including phenoxy) is 1. The van der Waals surface area contributed by atoms with E-state index < -0.39 is 24.1 Å². The molecule has 0 spiro atoms. The fraction of sp³-hybridized carbons (Fsp3) is 0.778. The predicted molar refractivity (Wildman–Crippen MR) is 50.6 cm³/mol. The van der Waals surface area contributed by atoms with E-state index in [4.69, 9.17) is 15.6 Å². The first-order valence-corrected chi connectivity index (χ1v) is 4.53. The number of carbonyl (C=O) groups excluding carboxylic acids is 1. The van der Waals surface area contributed by atoms with Crippen LogP contribution in [0.15, 0.2) is 0 Å². The van der Waals surface area contributed by atoms with Crippen molar-refractivity contribution in [2.75, 3.05) is 0 Å². The first-order chi connectivity index (χ1) is 6.34. The van der Waals surface area contributed by atoms with Gasteiger partial charge in [0.15, 0.2) is 6.10 Å². The Hall–Kier alpha value is -1.10. The molecule has 0 saturated heterocycles. The van der Waals surface area contributed by atoms with E-state index in [2.05, 4.69) is 0 Å². The van der Waals surface area contributed by atoms with Gasteiger partial charge >= 0.3 is 11.9 Å². The van der Waals surface area contributed by atoms with Crippen LogP contribution in [0, 0.1) is 5.92 Å². The second-order valence-electron chi connectivity index (χ2n) is 3.68. The highest BCUT2D eigenvalue weighted by Gasteiger charge is 2.24. The number of hydrogen-bond acceptors (Lipinski definition) is 4. The topological polar surface area (TPSA) is 89.6 Å². The zero-order valence-electron chi connectivity index (χ0n) is 8.69. The molecule has 3 N–H and O–H groups in total. The molecular weight excluding hydrogens is 186 g/mol. The molecule has 82 valence electrons. The van der Waals surface area contributed by atoms with Crippen molar-refractivity contribution >= 4 is 11.9 Å². The Kier molecular flexibility index (Phi) is 5.15. The van der Waals surface area contributed by atoms with Crippen molar-refractivity contribution in [3.63, 3.8) is 0 Å². The number of esters is 1. The van der Waals surface area contributed by atoms with Crippen molar-refractivity contribution in [1.82, 2.24) is 0 Å². The summed E-state index contributed by atoms with van der Waals surface area (Å²) in [5.41, 5.74) is 5.25. The van der Waals surface area contributed by atoms with Gasteiger partial charge in [-0.25, -0.2) is 4.79 Å². The van der Waals surface area contributed by atoms with Crippen LogP contribution in [0.2, 0.25) is 0 Å². The van der Waals surface area contributed by atoms with E-state index in [0.717, 1.165) is 0 Å². The summed E-state index contributed by atoms with van der Waals surface area (Å²) < 4.78 is 4.72. The number of carboxylic acids is 1. The summed E-state index contributed by atoms with van der Waals surface area (Å²) in [5.74, 6) is -1.66. The van der Waals surface area contributed by atoms with Gasteiger partial charge in [0.1, 0.15) is 6.04 Å². The molecule has 2 atom stereocenters. The van der Waals surface area contributed by atoms with Gasteiger partial charge in [0.2, 0.25) is 0 Å². The molecule has 0 radical (unpaired) electrons. The Bertz CT molecular complexity index is 213. The predicted octanol–water partition coefficient (Wildman–Crippen LogP) is 0.376. The Balaban J connectivity index is 4.23. The maximum atomic E-state index is 11.0. The van der Waals surface area contributed by atoms with Gasteiger partial charge in [-0.1, -0.05) is 13.8 Å². The smallest absolute Gasteiger partial charge is 0.345 e. The fourth-order valence-corrected chi connectivity index (χ4v) is 0.875. The van der Waals surface area contributed by atoms with Gasteiger partial charge in [-0.15, -0.1) is 0 Å². The molecular formula is C9H17NO4. The minimum atomic E-state index is -1.13. The van der Waals surface area contributed by atoms with Crippen LogP contribution < -0.4 is 5.73 Å². The molecule has 0 fully saturated rings. The molecule has 0 aliphatic carbocycles. The van der Waals surface area contributed by atoms with Gasteiger partial charge in [0.25, 0.3) is 0 Å². The summed E-state index contributed by atoms with van der Waals surface area (Å²) in [4.78, 5) is 21.7. The highest BCUT2D eigenvalue weighted by molar-refractivity contribution is 5.80. The van der Waals surface area contributed by atoms with E-state index in [1.807, 2.05) is 13.8 Å². The first-order valence-electron chi connectivity index (χ1n) is 4.53. The summed E-state index contributed by atoms with van der Waals surface area (Å²) in [6.07, 6.45) is -0.790. The number of carboxylic acid groups (broad SMARTS) is 1. The van der Waals surface area contributed by atoms with Crippen LogP contribution in [0.1, 0.15) is 27.2 Å². The maximum absolute atomic E-state index is 11.0. The molecule has 0 bridgehead atoms. The van der Waals surface area contributed by atoms with Crippen LogP contribution in [-0.4, -0.2) is 29.2 Å². The van der Waals surface area contributed by atoms with Crippen LogP contribution in [0.25, 0.3) is 0 Å². The van der Waals surface area contributed by atoms with Crippen LogP contribution in [-0.2, 0) is 14.3 Å². The van der Waals surface area contributed by atoms with Crippen LogP contribution in [0.3, 0.4) is 0 Å². The van der Waals surface area contributed by atoms with Crippen LogP contribution in [0.4, 0.5) is 0 Å². The molecule has 0 aromatic heterocycles. The van der Waals surface area contributed by atoms with Gasteiger partial charge in [-0.3, -0.25) is 4.79 Å². The van der Waals surface area contributed by atoms with E-state index >= 15 is 0 Å². The number of hydrogen-bond donors (Lipinski definition) is 2. The summed E-state index contributed by atoms with van der Waals surface area (Å²) in [5, 5.41) is 8.73. The molecule has 0 saturated carbocycles. The molecule has 0 amide bonds. The molecule has 5 nitrogen and oxygen atoms in total. The number of nitrogens with two attached hydrogens (primary N) is 1. The normalized spacial score (nSPS) is 14.9. The third-order valence-electron chi connectivity index (χ3n) is 1.59. The molecule has 0 aromatic rings. The summed E-state index contributed by atoms with van der Waals surface area (Å²) in [7, 11) is 0. The Labute approximate surface area is 83.2 Å². The second kappa shape index (κ2) is 5.59. The molecule has 0 heterocycles.